The Balaban J connectivity index is 1.45. The van der Waals surface area contributed by atoms with Crippen LogP contribution in [0.5, 0.6) is 17.2 Å². The Bertz CT molecular complexity index is 1430. The van der Waals surface area contributed by atoms with Gasteiger partial charge in [-0.25, -0.2) is 9.78 Å². The highest BCUT2D eigenvalue weighted by molar-refractivity contribution is 5.92. The molecule has 0 saturated carbocycles. The van der Waals surface area contributed by atoms with E-state index in [1.54, 1.807) is 43.3 Å². The van der Waals surface area contributed by atoms with E-state index in [1.807, 2.05) is 35.6 Å². The summed E-state index contributed by atoms with van der Waals surface area (Å²) in [5.41, 5.74) is 3.34. The zero-order valence-corrected chi connectivity index (χ0v) is 19.2. The molecule has 2 aromatic carbocycles. The van der Waals surface area contributed by atoms with E-state index in [2.05, 4.69) is 5.32 Å². The molecule has 0 atom stereocenters. The van der Waals surface area contributed by atoms with Crippen molar-refractivity contribution in [2.45, 2.75) is 13.8 Å². The third-order valence-corrected chi connectivity index (χ3v) is 5.47. The predicted octanol–water partition coefficient (Wildman–Crippen LogP) is 4.23. The number of benzene rings is 2. The highest BCUT2D eigenvalue weighted by Crippen LogP contribution is 2.34. The molecule has 0 radical (unpaired) electrons. The average molecular weight is 473 g/mol. The molecule has 0 fully saturated rings. The van der Waals surface area contributed by atoms with E-state index in [-0.39, 0.29) is 19.3 Å². The molecule has 5 rings (SSSR count). The number of nitrogens with zero attached hydrogens (tertiary/aromatic N) is 2. The summed E-state index contributed by atoms with van der Waals surface area (Å²) >= 11 is 0. The summed E-state index contributed by atoms with van der Waals surface area (Å²) in [5.74, 6) is 1.21. The van der Waals surface area contributed by atoms with Crippen molar-refractivity contribution < 1.29 is 28.5 Å². The molecule has 9 heteroatoms. The first-order valence-electron chi connectivity index (χ1n) is 11.1. The van der Waals surface area contributed by atoms with Crippen LogP contribution >= 0.6 is 0 Å². The van der Waals surface area contributed by atoms with Crippen molar-refractivity contribution in [2.24, 2.45) is 0 Å². The molecule has 1 aliphatic heterocycles. The molecule has 0 spiro atoms. The van der Waals surface area contributed by atoms with Gasteiger partial charge in [0, 0.05) is 11.3 Å². The van der Waals surface area contributed by atoms with Crippen molar-refractivity contribution in [2.75, 3.05) is 25.3 Å². The first-order valence-corrected chi connectivity index (χ1v) is 11.1. The Labute approximate surface area is 201 Å². The van der Waals surface area contributed by atoms with Gasteiger partial charge in [-0.2, -0.15) is 0 Å². The maximum Gasteiger partial charge on any atom is 0.343 e. The second kappa shape index (κ2) is 9.38. The lowest BCUT2D eigenvalue weighted by Gasteiger charge is -2.11. The Hall–Kier alpha value is -4.53. The molecule has 0 bridgehead atoms. The summed E-state index contributed by atoms with van der Waals surface area (Å²) in [4.78, 5) is 29.5. The van der Waals surface area contributed by atoms with E-state index in [0.717, 1.165) is 11.3 Å². The Morgan fingerprint density at radius 1 is 1.06 bits per heavy atom. The quantitative estimate of drug-likeness (QED) is 0.314. The van der Waals surface area contributed by atoms with Crippen LogP contribution in [0.25, 0.3) is 16.9 Å². The number of ether oxygens (including phenoxy) is 4. The van der Waals surface area contributed by atoms with Crippen LogP contribution in [-0.4, -0.2) is 41.3 Å². The molecule has 9 nitrogen and oxygen atoms in total. The number of hydrogen-bond donors (Lipinski definition) is 1. The molecule has 0 saturated heterocycles. The molecule has 0 aliphatic carbocycles. The monoisotopic (exact) mass is 473 g/mol. The van der Waals surface area contributed by atoms with Gasteiger partial charge in [-0.05, 0) is 56.3 Å². The Morgan fingerprint density at radius 3 is 2.74 bits per heavy atom. The summed E-state index contributed by atoms with van der Waals surface area (Å²) < 4.78 is 23.2. The van der Waals surface area contributed by atoms with Crippen molar-refractivity contribution in [3.8, 4) is 28.5 Å². The fraction of sp³-hybridized carbons (Fsp3) is 0.192. The largest absolute Gasteiger partial charge is 0.465 e. The van der Waals surface area contributed by atoms with Crippen LogP contribution in [0.15, 0.2) is 60.7 Å². The number of esters is 2. The fourth-order valence-electron chi connectivity index (χ4n) is 3.88. The van der Waals surface area contributed by atoms with Gasteiger partial charge in [0.25, 0.3) is 0 Å². The number of carbonyl (C=O) groups is 2. The smallest absolute Gasteiger partial charge is 0.343 e. The summed E-state index contributed by atoms with van der Waals surface area (Å²) in [6.07, 6.45) is 0. The lowest BCUT2D eigenvalue weighted by Crippen LogP contribution is -2.18. The summed E-state index contributed by atoms with van der Waals surface area (Å²) in [6.45, 7) is 4.13. The minimum atomic E-state index is -0.521. The zero-order chi connectivity index (χ0) is 24.4. The van der Waals surface area contributed by atoms with Crippen molar-refractivity contribution in [1.29, 1.82) is 0 Å². The molecule has 1 aliphatic rings. The second-order valence-corrected chi connectivity index (χ2v) is 7.81. The first-order chi connectivity index (χ1) is 17.0. The van der Waals surface area contributed by atoms with E-state index >= 15 is 0 Å². The minimum absolute atomic E-state index is 0.0121. The molecule has 4 aromatic rings. The van der Waals surface area contributed by atoms with Crippen molar-refractivity contribution in [1.82, 2.24) is 9.38 Å². The van der Waals surface area contributed by atoms with Crippen LogP contribution in [-0.2, 0) is 9.53 Å². The van der Waals surface area contributed by atoms with Crippen LogP contribution in [0.4, 0.5) is 5.82 Å². The molecular weight excluding hydrogens is 450 g/mol. The van der Waals surface area contributed by atoms with Crippen LogP contribution in [0.3, 0.4) is 0 Å². The number of carbonyl (C=O) groups excluding carboxylic acids is 2. The molecule has 3 heterocycles. The maximum atomic E-state index is 12.8. The van der Waals surface area contributed by atoms with Crippen molar-refractivity contribution in [3.05, 3.63) is 71.9 Å². The maximum absolute atomic E-state index is 12.8. The van der Waals surface area contributed by atoms with Gasteiger partial charge < -0.3 is 24.3 Å². The Kier molecular flexibility index (Phi) is 5.97. The number of imidazole rings is 1. The summed E-state index contributed by atoms with van der Waals surface area (Å²) in [6, 6.07) is 17.7. The zero-order valence-electron chi connectivity index (χ0n) is 19.2. The number of aromatic nitrogens is 2. The molecule has 1 N–H and O–H groups in total. The topological polar surface area (TPSA) is 100 Å². The highest BCUT2D eigenvalue weighted by Gasteiger charge is 2.19. The lowest BCUT2D eigenvalue weighted by molar-refractivity contribution is -0.140. The summed E-state index contributed by atoms with van der Waals surface area (Å²) in [7, 11) is 0. The number of rotatable bonds is 7. The van der Waals surface area contributed by atoms with Gasteiger partial charge in [0.2, 0.25) is 6.79 Å². The number of hydrogen-bond acceptors (Lipinski definition) is 8. The molecule has 35 heavy (non-hydrogen) atoms. The minimum Gasteiger partial charge on any atom is -0.465 e. The predicted molar refractivity (Wildman–Crippen MR) is 128 cm³/mol. The SMILES string of the molecule is CCOC(=O)CNc1c(-c2cccc(OC(=O)c3ccc4c(c3)OCO4)c2)nc2cccc(C)n12. The van der Waals surface area contributed by atoms with E-state index in [9.17, 15) is 9.59 Å². The number of pyridine rings is 1. The van der Waals surface area contributed by atoms with Gasteiger partial charge in [-0.15, -0.1) is 0 Å². The van der Waals surface area contributed by atoms with Gasteiger partial charge in [0.05, 0.1) is 12.2 Å². The van der Waals surface area contributed by atoms with Crippen LogP contribution in [0.1, 0.15) is 23.0 Å². The highest BCUT2D eigenvalue weighted by atomic mass is 16.7. The molecule has 178 valence electrons. The standard InChI is InChI=1S/C26H23N3O6/c1-3-32-23(30)14-27-25-24(28-22-9-4-6-16(2)29(22)25)17-7-5-8-19(12-17)35-26(31)18-10-11-20-21(13-18)34-15-33-20/h4-13,27H,3,14-15H2,1-2H3. The van der Waals surface area contributed by atoms with Crippen LogP contribution in [0.2, 0.25) is 0 Å². The number of fused-ring (bicyclic) bond motifs is 2. The molecule has 2 aromatic heterocycles. The van der Waals surface area contributed by atoms with Gasteiger partial charge in [-0.3, -0.25) is 9.20 Å². The Morgan fingerprint density at radius 2 is 1.89 bits per heavy atom. The normalized spacial score (nSPS) is 11.9. The van der Waals surface area contributed by atoms with E-state index in [0.29, 0.717) is 46.6 Å². The molecule has 0 amide bonds. The lowest BCUT2D eigenvalue weighted by atomic mass is 10.1. The van der Waals surface area contributed by atoms with Gasteiger partial charge in [-0.1, -0.05) is 18.2 Å². The van der Waals surface area contributed by atoms with E-state index in [4.69, 9.17) is 23.9 Å². The van der Waals surface area contributed by atoms with Crippen LogP contribution < -0.4 is 19.5 Å². The number of anilines is 1. The third kappa shape index (κ3) is 4.48. The van der Waals surface area contributed by atoms with E-state index < -0.39 is 5.97 Å². The third-order valence-electron chi connectivity index (χ3n) is 5.47. The molecule has 0 unspecified atom stereocenters. The second-order valence-electron chi connectivity index (χ2n) is 7.81. The fourth-order valence-corrected chi connectivity index (χ4v) is 3.88. The molecular formula is C26H23N3O6. The number of nitrogens with one attached hydrogen (secondary N) is 1. The number of aryl methyl sites for hydroxylation is 1. The van der Waals surface area contributed by atoms with Gasteiger partial charge in [0.15, 0.2) is 11.5 Å². The van der Waals surface area contributed by atoms with E-state index in [1.165, 1.54) is 0 Å². The first kappa shape index (κ1) is 22.3. The van der Waals surface area contributed by atoms with Gasteiger partial charge in [0.1, 0.15) is 29.5 Å². The summed E-state index contributed by atoms with van der Waals surface area (Å²) in [5, 5.41) is 3.16. The van der Waals surface area contributed by atoms with Gasteiger partial charge >= 0.3 is 11.9 Å². The van der Waals surface area contributed by atoms with Crippen molar-refractivity contribution >= 4 is 23.4 Å². The van der Waals surface area contributed by atoms with Crippen molar-refractivity contribution in [3.63, 3.8) is 0 Å². The van der Waals surface area contributed by atoms with Crippen LogP contribution in [0, 0.1) is 6.92 Å². The average Bonchev–Trinajstić information content (AvgIpc) is 3.48.